The van der Waals surface area contributed by atoms with Gasteiger partial charge in [-0.15, -0.1) is 0 Å². The SMILES string of the molecule is COc1cc(/C=C(/C#N)c2nc3ccc(F)cc3[nH]2)c(Br)cc1OCc1ccc(Cl)cc1. The maximum atomic E-state index is 13.5. The number of fused-ring (bicyclic) bond motifs is 1. The molecule has 3 aromatic carbocycles. The summed E-state index contributed by atoms with van der Waals surface area (Å²) in [5.41, 5.74) is 3.04. The fourth-order valence-corrected chi connectivity index (χ4v) is 3.66. The first-order valence-electron chi connectivity index (χ1n) is 9.49. The average molecular weight is 513 g/mol. The molecule has 0 aliphatic carbocycles. The van der Waals surface area contributed by atoms with E-state index in [2.05, 4.69) is 32.0 Å². The molecular formula is C24H16BrClFN3O2. The van der Waals surface area contributed by atoms with Gasteiger partial charge in [0.15, 0.2) is 11.5 Å². The molecule has 0 saturated heterocycles. The van der Waals surface area contributed by atoms with E-state index < -0.39 is 0 Å². The van der Waals surface area contributed by atoms with E-state index in [1.807, 2.05) is 12.1 Å². The Morgan fingerprint density at radius 2 is 1.97 bits per heavy atom. The molecule has 8 heteroatoms. The molecule has 1 aromatic heterocycles. The number of benzene rings is 3. The Balaban J connectivity index is 1.64. The second kappa shape index (κ2) is 9.43. The number of nitrogens with one attached hydrogen (secondary N) is 1. The van der Waals surface area contributed by atoms with Crippen molar-refractivity contribution >= 4 is 50.2 Å². The molecular weight excluding hydrogens is 497 g/mol. The molecule has 32 heavy (non-hydrogen) atoms. The summed E-state index contributed by atoms with van der Waals surface area (Å²) in [6, 6.07) is 17.3. The molecule has 4 rings (SSSR count). The maximum Gasteiger partial charge on any atom is 0.162 e. The molecule has 160 valence electrons. The van der Waals surface area contributed by atoms with Crippen molar-refractivity contribution in [1.29, 1.82) is 5.26 Å². The lowest BCUT2D eigenvalue weighted by atomic mass is 10.1. The number of allylic oxidation sites excluding steroid dienone is 1. The van der Waals surface area contributed by atoms with Gasteiger partial charge in [0.1, 0.15) is 24.3 Å². The van der Waals surface area contributed by atoms with Crippen LogP contribution in [0.3, 0.4) is 0 Å². The molecule has 0 spiro atoms. The van der Waals surface area contributed by atoms with Crippen molar-refractivity contribution in [3.8, 4) is 17.6 Å². The Morgan fingerprint density at radius 1 is 1.19 bits per heavy atom. The topological polar surface area (TPSA) is 70.9 Å². The Kier molecular flexibility index (Phi) is 6.45. The van der Waals surface area contributed by atoms with Crippen molar-refractivity contribution in [1.82, 2.24) is 9.97 Å². The van der Waals surface area contributed by atoms with Gasteiger partial charge in [-0.25, -0.2) is 9.37 Å². The lowest BCUT2D eigenvalue weighted by molar-refractivity contribution is 0.284. The van der Waals surface area contributed by atoms with E-state index in [1.165, 1.54) is 12.1 Å². The van der Waals surface area contributed by atoms with E-state index in [1.54, 1.807) is 43.5 Å². The Labute approximate surface area is 197 Å². The van der Waals surface area contributed by atoms with Crippen LogP contribution in [0.4, 0.5) is 4.39 Å². The number of aromatic nitrogens is 2. The van der Waals surface area contributed by atoms with E-state index in [9.17, 15) is 9.65 Å². The number of hydrogen-bond donors (Lipinski definition) is 1. The van der Waals surface area contributed by atoms with Crippen LogP contribution in [0.25, 0.3) is 22.7 Å². The number of halogens is 3. The summed E-state index contributed by atoms with van der Waals surface area (Å²) >= 11 is 9.46. The van der Waals surface area contributed by atoms with E-state index in [-0.39, 0.29) is 5.82 Å². The van der Waals surface area contributed by atoms with Gasteiger partial charge in [-0.05, 0) is 59.7 Å². The van der Waals surface area contributed by atoms with Gasteiger partial charge in [-0.2, -0.15) is 5.26 Å². The van der Waals surface area contributed by atoms with E-state index in [0.29, 0.717) is 55.6 Å². The van der Waals surface area contributed by atoms with Gasteiger partial charge < -0.3 is 14.5 Å². The Morgan fingerprint density at radius 3 is 2.69 bits per heavy atom. The number of hydrogen-bond acceptors (Lipinski definition) is 4. The number of methoxy groups -OCH3 is 1. The van der Waals surface area contributed by atoms with E-state index >= 15 is 0 Å². The van der Waals surface area contributed by atoms with Gasteiger partial charge in [-0.3, -0.25) is 0 Å². The predicted molar refractivity (Wildman–Crippen MR) is 126 cm³/mol. The lowest BCUT2D eigenvalue weighted by Crippen LogP contribution is -1.98. The van der Waals surface area contributed by atoms with Gasteiger partial charge in [-0.1, -0.05) is 39.7 Å². The maximum absolute atomic E-state index is 13.5. The molecule has 0 saturated carbocycles. The number of imidazole rings is 1. The zero-order valence-corrected chi connectivity index (χ0v) is 19.2. The second-order valence-corrected chi connectivity index (χ2v) is 8.15. The van der Waals surface area contributed by atoms with Crippen LogP contribution in [0.15, 0.2) is 59.1 Å². The normalized spacial score (nSPS) is 11.4. The third kappa shape index (κ3) is 4.77. The molecule has 5 nitrogen and oxygen atoms in total. The number of aromatic amines is 1. The fraction of sp³-hybridized carbons (Fsp3) is 0.0833. The summed E-state index contributed by atoms with van der Waals surface area (Å²) in [5.74, 6) is 1.03. The van der Waals surface area contributed by atoms with Gasteiger partial charge >= 0.3 is 0 Å². The van der Waals surface area contributed by atoms with Crippen LogP contribution >= 0.6 is 27.5 Å². The van der Waals surface area contributed by atoms with Crippen LogP contribution in [0.1, 0.15) is 17.0 Å². The Hall–Kier alpha value is -3.34. The van der Waals surface area contributed by atoms with E-state index in [4.69, 9.17) is 21.1 Å². The highest BCUT2D eigenvalue weighted by Crippen LogP contribution is 2.36. The predicted octanol–water partition coefficient (Wildman–Crippen LogP) is 6.77. The largest absolute Gasteiger partial charge is 0.493 e. The third-order valence-electron chi connectivity index (χ3n) is 4.71. The van der Waals surface area contributed by atoms with Crippen molar-refractivity contribution in [2.75, 3.05) is 7.11 Å². The monoisotopic (exact) mass is 511 g/mol. The van der Waals surface area contributed by atoms with Crippen LogP contribution in [0.2, 0.25) is 5.02 Å². The van der Waals surface area contributed by atoms with Crippen LogP contribution in [0, 0.1) is 17.1 Å². The van der Waals surface area contributed by atoms with Gasteiger partial charge in [0.25, 0.3) is 0 Å². The van der Waals surface area contributed by atoms with Crippen molar-refractivity contribution in [3.63, 3.8) is 0 Å². The first-order chi connectivity index (χ1) is 15.5. The van der Waals surface area contributed by atoms with Crippen LogP contribution in [-0.2, 0) is 6.61 Å². The molecule has 4 aromatic rings. The standard InChI is InChI=1S/C24H16BrClFN3O2/c1-31-22-9-15(19(25)11-23(22)32-13-14-2-4-17(26)5-3-14)8-16(12-28)24-29-20-7-6-18(27)10-21(20)30-24/h2-11H,13H2,1H3,(H,29,30)/b16-8-. The number of nitrogens with zero attached hydrogens (tertiary/aromatic N) is 2. The van der Waals surface area contributed by atoms with Crippen molar-refractivity contribution in [2.24, 2.45) is 0 Å². The smallest absolute Gasteiger partial charge is 0.162 e. The molecule has 0 unspecified atom stereocenters. The molecule has 0 aliphatic rings. The molecule has 1 N–H and O–H groups in total. The highest BCUT2D eigenvalue weighted by atomic mass is 79.9. The fourth-order valence-electron chi connectivity index (χ4n) is 3.09. The number of H-pyrrole nitrogens is 1. The Bertz CT molecular complexity index is 1360. The highest BCUT2D eigenvalue weighted by Gasteiger charge is 2.13. The zero-order valence-electron chi connectivity index (χ0n) is 16.8. The van der Waals surface area contributed by atoms with Crippen LogP contribution in [0.5, 0.6) is 11.5 Å². The summed E-state index contributed by atoms with van der Waals surface area (Å²) in [6.45, 7) is 0.341. The average Bonchev–Trinajstić information content (AvgIpc) is 3.21. The van der Waals surface area contributed by atoms with Crippen molar-refractivity contribution < 1.29 is 13.9 Å². The summed E-state index contributed by atoms with van der Waals surface area (Å²) in [5, 5.41) is 10.3. The minimum Gasteiger partial charge on any atom is -0.493 e. The van der Waals surface area contributed by atoms with Gasteiger partial charge in [0.2, 0.25) is 0 Å². The van der Waals surface area contributed by atoms with Gasteiger partial charge in [0, 0.05) is 9.50 Å². The minimum absolute atomic E-state index is 0.291. The van der Waals surface area contributed by atoms with Gasteiger partial charge in [0.05, 0.1) is 23.7 Å². The molecule has 0 aliphatic heterocycles. The second-order valence-electron chi connectivity index (χ2n) is 6.86. The zero-order chi connectivity index (χ0) is 22.7. The lowest BCUT2D eigenvalue weighted by Gasteiger charge is -2.13. The van der Waals surface area contributed by atoms with Crippen LogP contribution in [-0.4, -0.2) is 17.1 Å². The molecule has 1 heterocycles. The summed E-state index contributed by atoms with van der Waals surface area (Å²) in [7, 11) is 1.55. The quantitative estimate of drug-likeness (QED) is 0.289. The molecule has 0 radical (unpaired) electrons. The summed E-state index contributed by atoms with van der Waals surface area (Å²) in [6.07, 6.45) is 1.67. The van der Waals surface area contributed by atoms with Crippen molar-refractivity contribution in [2.45, 2.75) is 6.61 Å². The first kappa shape index (κ1) is 21.9. The number of ether oxygens (including phenoxy) is 2. The molecule has 0 bridgehead atoms. The van der Waals surface area contributed by atoms with Crippen LogP contribution < -0.4 is 9.47 Å². The minimum atomic E-state index is -0.378. The van der Waals surface area contributed by atoms with Crippen molar-refractivity contribution in [3.05, 3.63) is 86.9 Å². The number of rotatable bonds is 6. The summed E-state index contributed by atoms with van der Waals surface area (Å²) < 4.78 is 25.6. The number of nitriles is 1. The first-order valence-corrected chi connectivity index (χ1v) is 10.7. The molecule has 0 fully saturated rings. The molecule has 0 amide bonds. The summed E-state index contributed by atoms with van der Waals surface area (Å²) in [4.78, 5) is 7.37. The highest BCUT2D eigenvalue weighted by molar-refractivity contribution is 9.10. The third-order valence-corrected chi connectivity index (χ3v) is 5.65. The van der Waals surface area contributed by atoms with E-state index in [0.717, 1.165) is 5.56 Å². The molecule has 0 atom stereocenters.